The van der Waals surface area contributed by atoms with Crippen LogP contribution in [-0.4, -0.2) is 18.0 Å². The van der Waals surface area contributed by atoms with Gasteiger partial charge in [0, 0.05) is 23.8 Å². The zero-order valence-electron chi connectivity index (χ0n) is 12.2. The van der Waals surface area contributed by atoms with E-state index in [1.807, 2.05) is 24.3 Å². The number of alkyl halides is 3. The first-order chi connectivity index (χ1) is 10.8. The van der Waals surface area contributed by atoms with Gasteiger partial charge in [0.25, 0.3) is 0 Å². The first-order valence-corrected chi connectivity index (χ1v) is 7.49. The lowest BCUT2D eigenvalue weighted by Crippen LogP contribution is -2.30. The Hall–Kier alpha value is -2.02. The molecule has 0 atom stereocenters. The highest BCUT2D eigenvalue weighted by molar-refractivity contribution is 9.10. The third-order valence-corrected chi connectivity index (χ3v) is 3.67. The fourth-order valence-corrected chi connectivity index (χ4v) is 2.16. The Bertz CT molecular complexity index is 669. The standard InChI is InChI=1S/C16H14BrF3N2O/c1-22(10-11-2-6-13(17)7-3-11)15(23)21-14-8-4-12(5-9-14)16(18,19)20/h2-9H,10H2,1H3,(H,21,23). The zero-order valence-corrected chi connectivity index (χ0v) is 13.8. The normalized spacial score (nSPS) is 11.2. The quantitative estimate of drug-likeness (QED) is 0.778. The average Bonchev–Trinajstić information content (AvgIpc) is 2.49. The molecule has 0 radical (unpaired) electrons. The van der Waals surface area contributed by atoms with Gasteiger partial charge in [-0.2, -0.15) is 13.2 Å². The summed E-state index contributed by atoms with van der Waals surface area (Å²) >= 11 is 3.33. The number of anilines is 1. The molecule has 122 valence electrons. The topological polar surface area (TPSA) is 32.3 Å². The maximum atomic E-state index is 12.5. The molecule has 0 aliphatic heterocycles. The zero-order chi connectivity index (χ0) is 17.0. The number of carbonyl (C=O) groups is 1. The lowest BCUT2D eigenvalue weighted by atomic mass is 10.2. The van der Waals surface area contributed by atoms with Crippen molar-refractivity contribution in [1.82, 2.24) is 4.90 Å². The van der Waals surface area contributed by atoms with Crippen LogP contribution in [0.4, 0.5) is 23.7 Å². The smallest absolute Gasteiger partial charge is 0.323 e. The second kappa shape index (κ2) is 7.04. The third-order valence-electron chi connectivity index (χ3n) is 3.14. The van der Waals surface area contributed by atoms with Gasteiger partial charge in [-0.25, -0.2) is 4.79 Å². The molecule has 2 amide bonds. The minimum Gasteiger partial charge on any atom is -0.323 e. The molecular formula is C16H14BrF3N2O. The van der Waals surface area contributed by atoms with E-state index in [9.17, 15) is 18.0 Å². The summed E-state index contributed by atoms with van der Waals surface area (Å²) in [4.78, 5) is 13.5. The van der Waals surface area contributed by atoms with Gasteiger partial charge in [0.05, 0.1) is 5.56 Å². The Morgan fingerprint density at radius 3 is 2.17 bits per heavy atom. The third kappa shape index (κ3) is 4.99. The van der Waals surface area contributed by atoms with Gasteiger partial charge in [-0.15, -0.1) is 0 Å². The number of nitrogens with zero attached hydrogens (tertiary/aromatic N) is 1. The van der Waals surface area contributed by atoms with Crippen LogP contribution in [-0.2, 0) is 12.7 Å². The van der Waals surface area contributed by atoms with Crippen LogP contribution in [0.25, 0.3) is 0 Å². The van der Waals surface area contributed by atoms with E-state index in [1.54, 1.807) is 7.05 Å². The number of hydrogen-bond acceptors (Lipinski definition) is 1. The van der Waals surface area contributed by atoms with Crippen LogP contribution in [0.2, 0.25) is 0 Å². The van der Waals surface area contributed by atoms with E-state index in [-0.39, 0.29) is 0 Å². The molecule has 1 N–H and O–H groups in total. The van der Waals surface area contributed by atoms with Gasteiger partial charge in [0.2, 0.25) is 0 Å². The molecule has 0 heterocycles. The van der Waals surface area contributed by atoms with E-state index in [1.165, 1.54) is 17.0 Å². The highest BCUT2D eigenvalue weighted by Gasteiger charge is 2.30. The van der Waals surface area contributed by atoms with Crippen LogP contribution in [0.15, 0.2) is 53.0 Å². The van der Waals surface area contributed by atoms with Gasteiger partial charge in [0.1, 0.15) is 0 Å². The summed E-state index contributed by atoms with van der Waals surface area (Å²) in [7, 11) is 1.61. The van der Waals surface area contributed by atoms with Gasteiger partial charge in [-0.1, -0.05) is 28.1 Å². The number of halogens is 4. The molecule has 0 aliphatic rings. The lowest BCUT2D eigenvalue weighted by molar-refractivity contribution is -0.137. The monoisotopic (exact) mass is 386 g/mol. The fourth-order valence-electron chi connectivity index (χ4n) is 1.90. The number of hydrogen-bond donors (Lipinski definition) is 1. The van der Waals surface area contributed by atoms with Gasteiger partial charge in [0.15, 0.2) is 0 Å². The Kier molecular flexibility index (Phi) is 5.30. The summed E-state index contributed by atoms with van der Waals surface area (Å²) in [6.45, 7) is 0.389. The minimum atomic E-state index is -4.39. The molecule has 0 bridgehead atoms. The van der Waals surface area contributed by atoms with Crippen molar-refractivity contribution in [2.24, 2.45) is 0 Å². The Labute approximate surface area is 140 Å². The summed E-state index contributed by atoms with van der Waals surface area (Å²) in [6, 6.07) is 11.4. The summed E-state index contributed by atoms with van der Waals surface area (Å²) in [5.74, 6) is 0. The highest BCUT2D eigenvalue weighted by Crippen LogP contribution is 2.29. The second-order valence-corrected chi connectivity index (χ2v) is 5.90. The summed E-state index contributed by atoms with van der Waals surface area (Å²) in [5.41, 5.74) is 0.502. The molecule has 0 spiro atoms. The molecule has 0 saturated carbocycles. The van der Waals surface area contributed by atoms with E-state index in [0.29, 0.717) is 12.2 Å². The molecule has 7 heteroatoms. The van der Waals surface area contributed by atoms with E-state index >= 15 is 0 Å². The van der Waals surface area contributed by atoms with E-state index in [4.69, 9.17) is 0 Å². The fraction of sp³-hybridized carbons (Fsp3) is 0.188. The van der Waals surface area contributed by atoms with Crippen molar-refractivity contribution in [1.29, 1.82) is 0 Å². The maximum Gasteiger partial charge on any atom is 0.416 e. The first kappa shape index (κ1) is 17.3. The molecule has 0 saturated heterocycles. The number of nitrogens with one attached hydrogen (secondary N) is 1. The Morgan fingerprint density at radius 2 is 1.65 bits per heavy atom. The predicted octanol–water partition coefficient (Wildman–Crippen LogP) is 5.13. The van der Waals surface area contributed by atoms with Crippen LogP contribution >= 0.6 is 15.9 Å². The van der Waals surface area contributed by atoms with Crippen LogP contribution in [0.1, 0.15) is 11.1 Å². The summed E-state index contributed by atoms with van der Waals surface area (Å²) in [6.07, 6.45) is -4.39. The molecule has 0 aromatic heterocycles. The Morgan fingerprint density at radius 1 is 1.09 bits per heavy atom. The molecule has 0 unspecified atom stereocenters. The van der Waals surface area contributed by atoms with Crippen molar-refractivity contribution in [3.8, 4) is 0 Å². The predicted molar refractivity (Wildman–Crippen MR) is 86.1 cm³/mol. The number of rotatable bonds is 3. The van der Waals surface area contributed by atoms with Crippen molar-refractivity contribution in [2.45, 2.75) is 12.7 Å². The lowest BCUT2D eigenvalue weighted by Gasteiger charge is -2.18. The number of carbonyl (C=O) groups excluding carboxylic acids is 1. The molecule has 2 rings (SSSR count). The average molecular weight is 387 g/mol. The summed E-state index contributed by atoms with van der Waals surface area (Å²) in [5, 5.41) is 2.56. The van der Waals surface area contributed by atoms with Crippen LogP contribution in [0, 0.1) is 0 Å². The second-order valence-electron chi connectivity index (χ2n) is 4.99. The van der Waals surface area contributed by atoms with E-state index < -0.39 is 17.8 Å². The van der Waals surface area contributed by atoms with E-state index in [0.717, 1.165) is 22.2 Å². The Balaban J connectivity index is 1.96. The van der Waals surface area contributed by atoms with Crippen LogP contribution < -0.4 is 5.32 Å². The molecule has 3 nitrogen and oxygen atoms in total. The number of amides is 2. The van der Waals surface area contributed by atoms with Gasteiger partial charge in [-0.3, -0.25) is 0 Å². The number of benzene rings is 2. The van der Waals surface area contributed by atoms with Gasteiger partial charge >= 0.3 is 12.2 Å². The largest absolute Gasteiger partial charge is 0.416 e. The van der Waals surface area contributed by atoms with Crippen molar-refractivity contribution >= 4 is 27.6 Å². The maximum absolute atomic E-state index is 12.5. The molecular weight excluding hydrogens is 373 g/mol. The molecule has 2 aromatic carbocycles. The number of urea groups is 1. The van der Waals surface area contributed by atoms with Crippen molar-refractivity contribution in [2.75, 3.05) is 12.4 Å². The molecule has 0 aliphatic carbocycles. The van der Waals surface area contributed by atoms with Gasteiger partial charge in [-0.05, 0) is 42.0 Å². The highest BCUT2D eigenvalue weighted by atomic mass is 79.9. The van der Waals surface area contributed by atoms with E-state index in [2.05, 4.69) is 21.2 Å². The molecule has 23 heavy (non-hydrogen) atoms. The van der Waals surface area contributed by atoms with Crippen molar-refractivity contribution < 1.29 is 18.0 Å². The van der Waals surface area contributed by atoms with Gasteiger partial charge < -0.3 is 10.2 Å². The molecule has 0 fully saturated rings. The van der Waals surface area contributed by atoms with Crippen molar-refractivity contribution in [3.05, 3.63) is 64.1 Å². The summed E-state index contributed by atoms with van der Waals surface area (Å²) < 4.78 is 38.4. The van der Waals surface area contributed by atoms with Crippen LogP contribution in [0.3, 0.4) is 0 Å². The SMILES string of the molecule is CN(Cc1ccc(Br)cc1)C(=O)Nc1ccc(C(F)(F)F)cc1. The minimum absolute atomic E-state index is 0.311. The first-order valence-electron chi connectivity index (χ1n) is 6.69. The van der Waals surface area contributed by atoms with Crippen molar-refractivity contribution in [3.63, 3.8) is 0 Å². The van der Waals surface area contributed by atoms with Crippen LogP contribution in [0.5, 0.6) is 0 Å². The molecule has 2 aromatic rings.